The summed E-state index contributed by atoms with van der Waals surface area (Å²) in [5.41, 5.74) is 0.552. The topological polar surface area (TPSA) is 12.0 Å². The number of rotatable bonds is 4. The van der Waals surface area contributed by atoms with Crippen LogP contribution in [0.5, 0.6) is 0 Å². The molecule has 4 atom stereocenters. The highest BCUT2D eigenvalue weighted by Crippen LogP contribution is 2.49. The van der Waals surface area contributed by atoms with Crippen LogP contribution in [0.15, 0.2) is 18.2 Å². The maximum absolute atomic E-state index is 13.5. The van der Waals surface area contributed by atoms with Crippen molar-refractivity contribution in [1.82, 2.24) is 5.32 Å². The Morgan fingerprint density at radius 1 is 1.26 bits per heavy atom. The monoisotopic (exact) mass is 265 g/mol. The van der Waals surface area contributed by atoms with Crippen molar-refractivity contribution in [3.63, 3.8) is 0 Å². The molecule has 1 aromatic carbocycles. The molecular formula is C16H21F2N. The zero-order valence-corrected chi connectivity index (χ0v) is 11.3. The molecule has 1 aromatic rings. The lowest BCUT2D eigenvalue weighted by Crippen LogP contribution is -2.36. The van der Waals surface area contributed by atoms with Gasteiger partial charge in [-0.05, 0) is 50.0 Å². The number of hydrogen-bond donors (Lipinski definition) is 1. The van der Waals surface area contributed by atoms with E-state index in [1.54, 1.807) is 0 Å². The summed E-state index contributed by atoms with van der Waals surface area (Å²) < 4.78 is 26.4. The molecule has 2 fully saturated rings. The van der Waals surface area contributed by atoms with Crippen molar-refractivity contribution in [3.8, 4) is 0 Å². The third-order valence-electron chi connectivity index (χ3n) is 5.06. The fourth-order valence-electron chi connectivity index (χ4n) is 3.99. The second-order valence-electron chi connectivity index (χ2n) is 6.24. The Labute approximate surface area is 113 Å². The summed E-state index contributed by atoms with van der Waals surface area (Å²) in [5.74, 6) is 1.57. The SMILES string of the molecule is CC(NCc1ccc(F)cc1F)C1CC2CCC1C2. The first-order chi connectivity index (χ1) is 9.13. The standard InChI is InChI=1S/C16H21F2N/c1-10(15-7-11-2-3-12(15)6-11)19-9-13-4-5-14(17)8-16(13)18/h4-5,8,10-12,15,19H,2-3,6-7,9H2,1H3. The molecule has 1 N–H and O–H groups in total. The third kappa shape index (κ3) is 2.66. The Morgan fingerprint density at radius 2 is 2.11 bits per heavy atom. The first-order valence-corrected chi connectivity index (χ1v) is 7.31. The summed E-state index contributed by atoms with van der Waals surface area (Å²) in [4.78, 5) is 0. The van der Waals surface area contributed by atoms with Gasteiger partial charge in [0, 0.05) is 24.2 Å². The van der Waals surface area contributed by atoms with Gasteiger partial charge in [0.2, 0.25) is 0 Å². The molecule has 1 nitrogen and oxygen atoms in total. The second-order valence-corrected chi connectivity index (χ2v) is 6.24. The van der Waals surface area contributed by atoms with E-state index in [0.29, 0.717) is 18.2 Å². The lowest BCUT2D eigenvalue weighted by molar-refractivity contribution is 0.259. The molecule has 3 rings (SSSR count). The van der Waals surface area contributed by atoms with E-state index in [9.17, 15) is 8.78 Å². The van der Waals surface area contributed by atoms with Crippen LogP contribution in [0.2, 0.25) is 0 Å². The van der Waals surface area contributed by atoms with Crippen molar-refractivity contribution in [3.05, 3.63) is 35.4 Å². The molecule has 0 amide bonds. The van der Waals surface area contributed by atoms with E-state index in [4.69, 9.17) is 0 Å². The van der Waals surface area contributed by atoms with E-state index in [1.165, 1.54) is 37.8 Å². The highest BCUT2D eigenvalue weighted by molar-refractivity contribution is 5.18. The van der Waals surface area contributed by atoms with Crippen LogP contribution in [0.4, 0.5) is 8.78 Å². The first-order valence-electron chi connectivity index (χ1n) is 7.31. The van der Waals surface area contributed by atoms with Gasteiger partial charge in [-0.25, -0.2) is 8.78 Å². The number of hydrogen-bond acceptors (Lipinski definition) is 1. The zero-order chi connectivity index (χ0) is 13.4. The third-order valence-corrected chi connectivity index (χ3v) is 5.06. The molecule has 2 aliphatic carbocycles. The average molecular weight is 265 g/mol. The minimum atomic E-state index is -0.512. The van der Waals surface area contributed by atoms with E-state index in [-0.39, 0.29) is 0 Å². The van der Waals surface area contributed by atoms with Crippen molar-refractivity contribution in [2.75, 3.05) is 0 Å². The molecule has 0 heterocycles. The minimum Gasteiger partial charge on any atom is -0.310 e. The maximum atomic E-state index is 13.5. The molecule has 0 aromatic heterocycles. The van der Waals surface area contributed by atoms with Crippen LogP contribution < -0.4 is 5.32 Å². The van der Waals surface area contributed by atoms with Crippen LogP contribution in [0.3, 0.4) is 0 Å². The van der Waals surface area contributed by atoms with Gasteiger partial charge in [-0.1, -0.05) is 12.5 Å². The Bertz CT molecular complexity index is 460. The molecule has 0 spiro atoms. The van der Waals surface area contributed by atoms with Crippen LogP contribution >= 0.6 is 0 Å². The molecule has 0 aliphatic heterocycles. The summed E-state index contributed by atoms with van der Waals surface area (Å²) in [6, 6.07) is 4.23. The van der Waals surface area contributed by atoms with Crippen LogP contribution in [-0.4, -0.2) is 6.04 Å². The molecule has 19 heavy (non-hydrogen) atoms. The predicted octanol–water partition coefficient (Wildman–Crippen LogP) is 3.88. The van der Waals surface area contributed by atoms with Crippen molar-refractivity contribution in [2.45, 2.75) is 45.2 Å². The smallest absolute Gasteiger partial charge is 0.130 e. The van der Waals surface area contributed by atoms with Gasteiger partial charge in [0.05, 0.1) is 0 Å². The van der Waals surface area contributed by atoms with Crippen molar-refractivity contribution < 1.29 is 8.78 Å². The number of fused-ring (bicyclic) bond motifs is 2. The minimum absolute atomic E-state index is 0.416. The van der Waals surface area contributed by atoms with Crippen LogP contribution in [0.1, 0.15) is 38.2 Å². The lowest BCUT2D eigenvalue weighted by atomic mass is 9.84. The fourth-order valence-corrected chi connectivity index (χ4v) is 3.99. The van der Waals surface area contributed by atoms with Gasteiger partial charge in [-0.3, -0.25) is 0 Å². The maximum Gasteiger partial charge on any atom is 0.130 e. The van der Waals surface area contributed by atoms with Crippen LogP contribution in [-0.2, 0) is 6.54 Å². The van der Waals surface area contributed by atoms with E-state index >= 15 is 0 Å². The van der Waals surface area contributed by atoms with Crippen molar-refractivity contribution in [2.24, 2.45) is 17.8 Å². The van der Waals surface area contributed by atoms with E-state index in [1.807, 2.05) is 0 Å². The van der Waals surface area contributed by atoms with Gasteiger partial charge >= 0.3 is 0 Å². The molecule has 0 saturated heterocycles. The normalized spacial score (nSPS) is 30.8. The average Bonchev–Trinajstić information content (AvgIpc) is 2.99. The summed E-state index contributed by atoms with van der Waals surface area (Å²) in [5, 5.41) is 3.42. The van der Waals surface area contributed by atoms with Crippen LogP contribution in [0.25, 0.3) is 0 Å². The zero-order valence-electron chi connectivity index (χ0n) is 11.3. The molecular weight excluding hydrogens is 244 g/mol. The summed E-state index contributed by atoms with van der Waals surface area (Å²) in [7, 11) is 0. The Kier molecular flexibility index (Phi) is 3.57. The largest absolute Gasteiger partial charge is 0.310 e. The highest BCUT2D eigenvalue weighted by atomic mass is 19.1. The lowest BCUT2D eigenvalue weighted by Gasteiger charge is -2.28. The van der Waals surface area contributed by atoms with Gasteiger partial charge < -0.3 is 5.32 Å². The molecule has 2 bridgehead atoms. The van der Waals surface area contributed by atoms with Gasteiger partial charge in [0.1, 0.15) is 11.6 Å². The number of halogens is 2. The Morgan fingerprint density at radius 3 is 2.74 bits per heavy atom. The Balaban J connectivity index is 1.57. The van der Waals surface area contributed by atoms with E-state index in [2.05, 4.69) is 12.2 Å². The Hall–Kier alpha value is -0.960. The number of nitrogens with one attached hydrogen (secondary N) is 1. The molecule has 3 heteroatoms. The first kappa shape index (κ1) is 13.0. The van der Waals surface area contributed by atoms with Crippen molar-refractivity contribution >= 4 is 0 Å². The van der Waals surface area contributed by atoms with Gasteiger partial charge in [0.25, 0.3) is 0 Å². The number of benzene rings is 1. The molecule has 104 valence electrons. The van der Waals surface area contributed by atoms with Gasteiger partial charge in [-0.15, -0.1) is 0 Å². The summed E-state index contributed by atoms with van der Waals surface area (Å²) in [6.07, 6.45) is 5.49. The van der Waals surface area contributed by atoms with E-state index in [0.717, 1.165) is 23.8 Å². The van der Waals surface area contributed by atoms with Crippen LogP contribution in [0, 0.1) is 29.4 Å². The molecule has 4 unspecified atom stereocenters. The van der Waals surface area contributed by atoms with E-state index < -0.39 is 11.6 Å². The summed E-state index contributed by atoms with van der Waals surface area (Å²) in [6.45, 7) is 2.69. The highest BCUT2D eigenvalue weighted by Gasteiger charge is 2.41. The van der Waals surface area contributed by atoms with Gasteiger partial charge in [0.15, 0.2) is 0 Å². The quantitative estimate of drug-likeness (QED) is 0.871. The predicted molar refractivity (Wildman–Crippen MR) is 71.6 cm³/mol. The molecule has 0 radical (unpaired) electrons. The van der Waals surface area contributed by atoms with Gasteiger partial charge in [-0.2, -0.15) is 0 Å². The second kappa shape index (κ2) is 5.20. The van der Waals surface area contributed by atoms with Crippen molar-refractivity contribution in [1.29, 1.82) is 0 Å². The fraction of sp³-hybridized carbons (Fsp3) is 0.625. The molecule has 2 saturated carbocycles. The summed E-state index contributed by atoms with van der Waals surface area (Å²) >= 11 is 0. The molecule has 2 aliphatic rings.